The summed E-state index contributed by atoms with van der Waals surface area (Å²) in [5.74, 6) is 0.0240. The van der Waals surface area contributed by atoms with E-state index in [4.69, 9.17) is 15.3 Å². The Hall–Kier alpha value is -3.23. The van der Waals surface area contributed by atoms with Gasteiger partial charge in [0.15, 0.2) is 11.3 Å². The summed E-state index contributed by atoms with van der Waals surface area (Å²) in [6, 6.07) is 5.60. The van der Waals surface area contributed by atoms with Crippen molar-refractivity contribution in [2.24, 2.45) is 0 Å². The molecule has 0 fully saturated rings. The van der Waals surface area contributed by atoms with Gasteiger partial charge in [-0.25, -0.2) is 0 Å². The minimum Gasteiger partial charge on any atom is -0.480 e. The third-order valence-corrected chi connectivity index (χ3v) is 3.59. The first-order valence-corrected chi connectivity index (χ1v) is 7.33. The highest BCUT2D eigenvalue weighted by Gasteiger charge is 2.40. The largest absolute Gasteiger partial charge is 0.480 e. The molecule has 0 N–H and O–H groups in total. The molecule has 0 spiro atoms. The molecule has 1 aliphatic heterocycles. The maximum absolute atomic E-state index is 9.51. The van der Waals surface area contributed by atoms with Crippen molar-refractivity contribution in [1.82, 2.24) is 4.90 Å². The fraction of sp³-hybridized carbons (Fsp3) is 0.316. The Bertz CT molecular complexity index is 784. The Morgan fingerprint density at radius 3 is 2.17 bits per heavy atom. The van der Waals surface area contributed by atoms with Crippen molar-refractivity contribution in [3.63, 3.8) is 0 Å². The minimum atomic E-state index is -0.852. The molecule has 0 bridgehead atoms. The molecule has 5 heteroatoms. The number of nitrogens with zero attached hydrogens (tertiary/aromatic N) is 4. The van der Waals surface area contributed by atoms with Gasteiger partial charge in [0.1, 0.15) is 29.4 Å². The van der Waals surface area contributed by atoms with Crippen LogP contribution >= 0.6 is 0 Å². The average molecular weight is 320 g/mol. The van der Waals surface area contributed by atoms with Gasteiger partial charge in [-0.05, 0) is 32.4 Å². The van der Waals surface area contributed by atoms with E-state index in [0.717, 1.165) is 5.70 Å². The van der Waals surface area contributed by atoms with Crippen LogP contribution in [-0.2, 0) is 4.74 Å². The van der Waals surface area contributed by atoms with Crippen molar-refractivity contribution < 1.29 is 4.74 Å². The third kappa shape index (κ3) is 3.57. The summed E-state index contributed by atoms with van der Waals surface area (Å²) >= 11 is 0. The van der Waals surface area contributed by atoms with E-state index in [0.29, 0.717) is 11.1 Å². The van der Waals surface area contributed by atoms with Gasteiger partial charge in [0.05, 0.1) is 0 Å². The van der Waals surface area contributed by atoms with Crippen molar-refractivity contribution >= 4 is 0 Å². The van der Waals surface area contributed by atoms with Crippen LogP contribution < -0.4 is 0 Å². The summed E-state index contributed by atoms with van der Waals surface area (Å²) in [5.41, 5.74) is 1.28. The zero-order chi connectivity index (χ0) is 18.5. The first kappa shape index (κ1) is 18.8. The Morgan fingerprint density at radius 1 is 1.17 bits per heavy atom. The molecule has 24 heavy (non-hydrogen) atoms. The highest BCUT2D eigenvalue weighted by atomic mass is 16.5. The van der Waals surface area contributed by atoms with E-state index in [1.807, 2.05) is 44.1 Å². The molecule has 0 atom stereocenters. The van der Waals surface area contributed by atoms with E-state index in [1.54, 1.807) is 32.1 Å². The van der Waals surface area contributed by atoms with Gasteiger partial charge in [-0.15, -0.1) is 0 Å². The SMILES string of the molecule is C=C(/C=C\C(=C/C)N(C)C)C1=C(C#N)C(=C(C#N)C#N)OC1(C)C. The predicted octanol–water partition coefficient (Wildman–Crippen LogP) is 3.49. The van der Waals surface area contributed by atoms with Gasteiger partial charge in [-0.1, -0.05) is 18.7 Å². The number of allylic oxidation sites excluding steroid dienone is 5. The predicted molar refractivity (Wildman–Crippen MR) is 91.8 cm³/mol. The molecule has 0 saturated heterocycles. The Morgan fingerprint density at radius 2 is 1.75 bits per heavy atom. The van der Waals surface area contributed by atoms with Crippen molar-refractivity contribution in [2.45, 2.75) is 26.4 Å². The summed E-state index contributed by atoms with van der Waals surface area (Å²) < 4.78 is 5.73. The van der Waals surface area contributed by atoms with Crippen LogP contribution in [0.2, 0.25) is 0 Å². The molecule has 0 saturated carbocycles. The lowest BCUT2D eigenvalue weighted by Gasteiger charge is -2.23. The summed E-state index contributed by atoms with van der Waals surface area (Å²) in [4.78, 5) is 1.95. The van der Waals surface area contributed by atoms with Gasteiger partial charge >= 0.3 is 0 Å². The van der Waals surface area contributed by atoms with Crippen LogP contribution in [0, 0.1) is 34.0 Å². The second-order valence-electron chi connectivity index (χ2n) is 5.87. The standard InChI is InChI=1S/C19H20N4O/c1-7-15(23(5)6)9-8-13(2)17-16(12-22)18(14(10-20)11-21)24-19(17,3)4/h7-9H,2H2,1,3-6H3/b9-8-,15-7+. The first-order chi connectivity index (χ1) is 11.2. The molecule has 0 unspecified atom stereocenters. The molecule has 1 aliphatic rings. The Labute approximate surface area is 143 Å². The molecule has 122 valence electrons. The zero-order valence-electron chi connectivity index (χ0n) is 14.6. The van der Waals surface area contributed by atoms with Crippen LogP contribution in [0.1, 0.15) is 20.8 Å². The number of likely N-dealkylation sites (N-methyl/N-ethyl adjacent to an activating group) is 1. The van der Waals surface area contributed by atoms with Gasteiger partial charge in [0.25, 0.3) is 0 Å². The van der Waals surface area contributed by atoms with E-state index >= 15 is 0 Å². The molecular formula is C19H20N4O. The van der Waals surface area contributed by atoms with E-state index in [2.05, 4.69) is 6.58 Å². The number of nitriles is 3. The van der Waals surface area contributed by atoms with Crippen LogP contribution in [0.25, 0.3) is 0 Å². The van der Waals surface area contributed by atoms with Crippen molar-refractivity contribution in [3.05, 3.63) is 58.6 Å². The zero-order valence-corrected chi connectivity index (χ0v) is 14.6. The molecule has 1 heterocycles. The van der Waals surface area contributed by atoms with E-state index in [9.17, 15) is 5.26 Å². The summed E-state index contributed by atoms with van der Waals surface area (Å²) in [6.07, 6.45) is 5.64. The molecular weight excluding hydrogens is 300 g/mol. The molecule has 5 nitrogen and oxygen atoms in total. The Kier molecular flexibility index (Phi) is 5.77. The summed E-state index contributed by atoms with van der Waals surface area (Å²) in [5, 5.41) is 27.7. The van der Waals surface area contributed by atoms with Gasteiger partial charge in [-0.2, -0.15) is 15.8 Å². The second kappa shape index (κ2) is 7.36. The number of hydrogen-bond acceptors (Lipinski definition) is 5. The van der Waals surface area contributed by atoms with E-state index < -0.39 is 5.60 Å². The molecule has 0 radical (unpaired) electrons. The maximum Gasteiger partial charge on any atom is 0.172 e. The number of ether oxygens (including phenoxy) is 1. The van der Waals surface area contributed by atoms with Crippen LogP contribution in [0.5, 0.6) is 0 Å². The van der Waals surface area contributed by atoms with E-state index in [-0.39, 0.29) is 16.9 Å². The second-order valence-corrected chi connectivity index (χ2v) is 5.87. The van der Waals surface area contributed by atoms with Gasteiger partial charge < -0.3 is 9.64 Å². The lowest BCUT2D eigenvalue weighted by atomic mass is 9.89. The maximum atomic E-state index is 9.51. The molecule has 1 rings (SSSR count). The molecule has 0 aromatic rings. The quantitative estimate of drug-likeness (QED) is 0.585. The fourth-order valence-electron chi connectivity index (χ4n) is 2.50. The van der Waals surface area contributed by atoms with Crippen LogP contribution in [-0.4, -0.2) is 24.6 Å². The highest BCUT2D eigenvalue weighted by molar-refractivity contribution is 5.63. The molecule has 0 aromatic carbocycles. The smallest absolute Gasteiger partial charge is 0.172 e. The molecule has 0 aromatic heterocycles. The fourth-order valence-corrected chi connectivity index (χ4v) is 2.50. The van der Waals surface area contributed by atoms with Crippen LogP contribution in [0.3, 0.4) is 0 Å². The minimum absolute atomic E-state index is 0.0240. The number of hydrogen-bond donors (Lipinski definition) is 0. The first-order valence-electron chi connectivity index (χ1n) is 7.33. The van der Waals surface area contributed by atoms with Gasteiger partial charge in [0, 0.05) is 25.4 Å². The monoisotopic (exact) mass is 320 g/mol. The third-order valence-electron chi connectivity index (χ3n) is 3.59. The van der Waals surface area contributed by atoms with Gasteiger partial charge in [-0.3, -0.25) is 0 Å². The lowest BCUT2D eigenvalue weighted by molar-refractivity contribution is 0.0947. The lowest BCUT2D eigenvalue weighted by Crippen LogP contribution is -2.22. The van der Waals surface area contributed by atoms with Crippen molar-refractivity contribution in [2.75, 3.05) is 14.1 Å². The number of rotatable bonds is 4. The molecule has 0 aliphatic carbocycles. The average Bonchev–Trinajstić information content (AvgIpc) is 2.79. The van der Waals surface area contributed by atoms with Gasteiger partial charge in [0.2, 0.25) is 0 Å². The van der Waals surface area contributed by atoms with Crippen molar-refractivity contribution in [1.29, 1.82) is 15.8 Å². The summed E-state index contributed by atoms with van der Waals surface area (Å²) in [6.45, 7) is 9.52. The topological polar surface area (TPSA) is 83.8 Å². The Balaban J connectivity index is 3.46. The van der Waals surface area contributed by atoms with Crippen molar-refractivity contribution in [3.8, 4) is 18.2 Å². The van der Waals surface area contributed by atoms with Crippen LogP contribution in [0.15, 0.2) is 58.6 Å². The normalized spacial score (nSPS) is 16.2. The summed E-state index contributed by atoms with van der Waals surface area (Å²) in [7, 11) is 3.86. The van der Waals surface area contributed by atoms with E-state index in [1.165, 1.54) is 0 Å². The van der Waals surface area contributed by atoms with Crippen LogP contribution in [0.4, 0.5) is 0 Å². The highest BCUT2D eigenvalue weighted by Crippen LogP contribution is 2.42. The molecule has 0 amide bonds.